The predicted molar refractivity (Wildman–Crippen MR) is 177 cm³/mol. The molecular weight excluding hydrogens is 540 g/mol. The van der Waals surface area contributed by atoms with Crippen LogP contribution >= 0.6 is 0 Å². The number of hydrogen-bond donors (Lipinski definition) is 0. The maximum absolute atomic E-state index is 6.29. The van der Waals surface area contributed by atoms with Crippen LogP contribution in [0.15, 0.2) is 144 Å². The van der Waals surface area contributed by atoms with E-state index in [9.17, 15) is 0 Å². The van der Waals surface area contributed by atoms with Gasteiger partial charge in [-0.1, -0.05) is 127 Å². The summed E-state index contributed by atoms with van der Waals surface area (Å²) >= 11 is 0. The Kier molecular flexibility index (Phi) is 6.27. The highest BCUT2D eigenvalue weighted by Crippen LogP contribution is 2.37. The van der Waals surface area contributed by atoms with Crippen molar-refractivity contribution in [2.24, 2.45) is 0 Å². The molecular formula is C39H26N4O. The number of fused-ring (bicyclic) bond motifs is 3. The summed E-state index contributed by atoms with van der Waals surface area (Å²) < 4.78 is 6.29. The van der Waals surface area contributed by atoms with Crippen molar-refractivity contribution in [3.8, 4) is 56.5 Å². The quantitative estimate of drug-likeness (QED) is 0.207. The molecule has 0 N–H and O–H groups in total. The van der Waals surface area contributed by atoms with E-state index in [1.54, 1.807) is 0 Å². The molecule has 0 atom stereocenters. The minimum atomic E-state index is 0.488. The number of hydrogen-bond acceptors (Lipinski definition) is 5. The molecule has 0 aliphatic carbocycles. The van der Waals surface area contributed by atoms with E-state index in [-0.39, 0.29) is 0 Å². The molecule has 3 aromatic heterocycles. The fourth-order valence-corrected chi connectivity index (χ4v) is 5.66. The number of aryl methyl sites for hydroxylation is 1. The maximum atomic E-state index is 6.29. The molecule has 44 heavy (non-hydrogen) atoms. The average Bonchev–Trinajstić information content (AvgIpc) is 3.47. The number of furan rings is 1. The monoisotopic (exact) mass is 566 g/mol. The standard InChI is InChI=1S/C39H26N4O/c1-25-10-8-15-30(24-25)26-18-20-29(21-19-26)37-41-36(28-13-6-3-7-14-28)42-38(43-37)33-23-22-32-35-31(27-11-4-2-5-12-27)16-9-17-34(35)44-39(32)40-33/h2-24H,1H3. The molecule has 5 nitrogen and oxygen atoms in total. The average molecular weight is 567 g/mol. The van der Waals surface area contributed by atoms with Crippen molar-refractivity contribution < 1.29 is 4.42 Å². The molecule has 0 saturated heterocycles. The molecule has 5 heteroatoms. The van der Waals surface area contributed by atoms with Crippen LogP contribution in [0.1, 0.15) is 5.56 Å². The largest absolute Gasteiger partial charge is 0.438 e. The van der Waals surface area contributed by atoms with Gasteiger partial charge in [-0.25, -0.2) is 19.9 Å². The van der Waals surface area contributed by atoms with Crippen LogP contribution in [0.2, 0.25) is 0 Å². The number of pyridine rings is 1. The molecule has 0 amide bonds. The van der Waals surface area contributed by atoms with Gasteiger partial charge in [0.1, 0.15) is 11.3 Å². The predicted octanol–water partition coefficient (Wildman–Crippen LogP) is 9.81. The molecule has 208 valence electrons. The van der Waals surface area contributed by atoms with E-state index in [1.807, 2.05) is 66.7 Å². The first-order chi connectivity index (χ1) is 21.7. The molecule has 3 heterocycles. The highest BCUT2D eigenvalue weighted by atomic mass is 16.3. The van der Waals surface area contributed by atoms with Gasteiger partial charge in [-0.3, -0.25) is 0 Å². The van der Waals surface area contributed by atoms with E-state index in [4.69, 9.17) is 24.4 Å². The summed E-state index contributed by atoms with van der Waals surface area (Å²) in [5.74, 6) is 1.66. The fraction of sp³-hybridized carbons (Fsp3) is 0.0256. The molecule has 0 bridgehead atoms. The van der Waals surface area contributed by atoms with E-state index in [0.717, 1.165) is 44.2 Å². The minimum absolute atomic E-state index is 0.488. The van der Waals surface area contributed by atoms with E-state index in [0.29, 0.717) is 28.9 Å². The molecule has 0 fully saturated rings. The summed E-state index contributed by atoms with van der Waals surface area (Å²) in [5, 5.41) is 2.00. The summed E-state index contributed by atoms with van der Waals surface area (Å²) in [4.78, 5) is 19.6. The van der Waals surface area contributed by atoms with Crippen molar-refractivity contribution in [2.75, 3.05) is 0 Å². The lowest BCUT2D eigenvalue weighted by Crippen LogP contribution is -2.01. The van der Waals surface area contributed by atoms with Gasteiger partial charge >= 0.3 is 0 Å². The SMILES string of the molecule is Cc1cccc(-c2ccc(-c3nc(-c4ccccc4)nc(-c4ccc5c(n4)oc4cccc(-c6ccccc6)c45)n3)cc2)c1. The van der Waals surface area contributed by atoms with Crippen molar-refractivity contribution in [3.05, 3.63) is 145 Å². The summed E-state index contributed by atoms with van der Waals surface area (Å²) in [6.07, 6.45) is 0. The van der Waals surface area contributed by atoms with E-state index in [1.165, 1.54) is 11.1 Å². The minimum Gasteiger partial charge on any atom is -0.438 e. The zero-order valence-electron chi connectivity index (χ0n) is 24.0. The molecule has 8 aromatic rings. The van der Waals surface area contributed by atoms with Gasteiger partial charge in [0.05, 0.1) is 0 Å². The maximum Gasteiger partial charge on any atom is 0.227 e. The molecule has 0 spiro atoms. The second-order valence-corrected chi connectivity index (χ2v) is 10.8. The lowest BCUT2D eigenvalue weighted by molar-refractivity contribution is 0.654. The Labute approximate surface area is 254 Å². The van der Waals surface area contributed by atoms with Crippen LogP contribution in [0.4, 0.5) is 0 Å². The number of aromatic nitrogens is 4. The van der Waals surface area contributed by atoms with Crippen LogP contribution in [-0.4, -0.2) is 19.9 Å². The Bertz CT molecular complexity index is 2270. The number of nitrogens with zero attached hydrogens (tertiary/aromatic N) is 4. The first kappa shape index (κ1) is 25.7. The third-order valence-electron chi connectivity index (χ3n) is 7.84. The first-order valence-electron chi connectivity index (χ1n) is 14.6. The summed E-state index contributed by atoms with van der Waals surface area (Å²) in [6.45, 7) is 2.11. The van der Waals surface area contributed by atoms with Gasteiger partial charge in [0.25, 0.3) is 0 Å². The molecule has 0 aliphatic rings. The molecule has 0 radical (unpaired) electrons. The van der Waals surface area contributed by atoms with Crippen molar-refractivity contribution in [2.45, 2.75) is 6.92 Å². The molecule has 0 aliphatic heterocycles. The zero-order chi connectivity index (χ0) is 29.5. The summed E-state index contributed by atoms with van der Waals surface area (Å²) in [5.41, 5.74) is 9.56. The summed E-state index contributed by atoms with van der Waals surface area (Å²) in [6, 6.07) is 47.3. The topological polar surface area (TPSA) is 64.7 Å². The van der Waals surface area contributed by atoms with Crippen LogP contribution < -0.4 is 0 Å². The van der Waals surface area contributed by atoms with Crippen LogP contribution in [0.5, 0.6) is 0 Å². The number of benzene rings is 5. The van der Waals surface area contributed by atoms with Crippen LogP contribution in [-0.2, 0) is 0 Å². The lowest BCUT2D eigenvalue weighted by Gasteiger charge is -2.09. The third-order valence-corrected chi connectivity index (χ3v) is 7.84. The molecule has 0 unspecified atom stereocenters. The summed E-state index contributed by atoms with van der Waals surface area (Å²) in [7, 11) is 0. The van der Waals surface area contributed by atoms with Crippen LogP contribution in [0.3, 0.4) is 0 Å². The lowest BCUT2D eigenvalue weighted by atomic mass is 10.00. The van der Waals surface area contributed by atoms with Gasteiger partial charge in [-0.05, 0) is 47.4 Å². The first-order valence-corrected chi connectivity index (χ1v) is 14.6. The smallest absolute Gasteiger partial charge is 0.227 e. The van der Waals surface area contributed by atoms with Crippen molar-refractivity contribution >= 4 is 22.1 Å². The van der Waals surface area contributed by atoms with E-state index in [2.05, 4.69) is 79.7 Å². The van der Waals surface area contributed by atoms with Gasteiger partial charge in [0.2, 0.25) is 5.71 Å². The van der Waals surface area contributed by atoms with Gasteiger partial charge in [0.15, 0.2) is 17.5 Å². The normalized spacial score (nSPS) is 11.3. The Balaban J connectivity index is 1.25. The second-order valence-electron chi connectivity index (χ2n) is 10.8. The highest BCUT2D eigenvalue weighted by Gasteiger charge is 2.17. The third kappa shape index (κ3) is 4.71. The second kappa shape index (κ2) is 10.7. The van der Waals surface area contributed by atoms with Crippen LogP contribution in [0.25, 0.3) is 78.6 Å². The Morgan fingerprint density at radius 1 is 0.455 bits per heavy atom. The Morgan fingerprint density at radius 2 is 1.07 bits per heavy atom. The molecule has 0 saturated carbocycles. The van der Waals surface area contributed by atoms with Crippen molar-refractivity contribution in [3.63, 3.8) is 0 Å². The fourth-order valence-electron chi connectivity index (χ4n) is 5.66. The van der Waals surface area contributed by atoms with Crippen LogP contribution in [0, 0.1) is 6.92 Å². The van der Waals surface area contributed by atoms with Gasteiger partial charge in [-0.2, -0.15) is 0 Å². The van der Waals surface area contributed by atoms with Crippen molar-refractivity contribution in [1.29, 1.82) is 0 Å². The van der Waals surface area contributed by atoms with Gasteiger partial charge in [-0.15, -0.1) is 0 Å². The zero-order valence-corrected chi connectivity index (χ0v) is 24.0. The van der Waals surface area contributed by atoms with Crippen molar-refractivity contribution in [1.82, 2.24) is 19.9 Å². The van der Waals surface area contributed by atoms with Gasteiger partial charge in [0, 0.05) is 21.9 Å². The van der Waals surface area contributed by atoms with Gasteiger partial charge < -0.3 is 4.42 Å². The Hall–Kier alpha value is -5.94. The van der Waals surface area contributed by atoms with E-state index < -0.39 is 0 Å². The Morgan fingerprint density at radius 3 is 1.80 bits per heavy atom. The highest BCUT2D eigenvalue weighted by molar-refractivity contribution is 6.11. The number of rotatable bonds is 5. The molecule has 5 aromatic carbocycles. The van der Waals surface area contributed by atoms with E-state index >= 15 is 0 Å². The molecule has 8 rings (SSSR count).